The molecule has 40 heavy (non-hydrogen) atoms. The summed E-state index contributed by atoms with van der Waals surface area (Å²) in [5.74, 6) is 1.33. The standard InChI is InChI=1S/C36H51NO3/c1-23(10-11-24-9-7-8-22-37-24)25-14-19-36(31(39)40)21-20-34(5)26(30(25)36)12-13-28-33(4)17-16-29(38)32(2,3)27(33)15-18-35(28,34)6/h7-11,22,25-30,38H,1,12-21H2,2-6H3,(H,39,40)/b11-10+/t25-,26+,27-,28+,29-,30+,33-,34+,35+,36-/m0/s1. The normalized spacial score (nSPS) is 47.5. The molecule has 0 saturated heterocycles. The van der Waals surface area contributed by atoms with Gasteiger partial charge in [0, 0.05) is 6.20 Å². The Morgan fingerprint density at radius 3 is 2.40 bits per heavy atom. The molecule has 0 amide bonds. The Bertz CT molecular complexity index is 1210. The van der Waals surface area contributed by atoms with Crippen LogP contribution in [0.5, 0.6) is 0 Å². The summed E-state index contributed by atoms with van der Waals surface area (Å²) in [6, 6.07) is 5.92. The van der Waals surface area contributed by atoms with Gasteiger partial charge in [0.15, 0.2) is 0 Å². The number of aliphatic carboxylic acids is 1. The lowest BCUT2D eigenvalue weighted by molar-refractivity contribution is -0.248. The summed E-state index contributed by atoms with van der Waals surface area (Å²) in [5.41, 5.74) is 1.84. The molecule has 0 aromatic carbocycles. The minimum Gasteiger partial charge on any atom is -0.481 e. The van der Waals surface area contributed by atoms with Crippen LogP contribution in [0.4, 0.5) is 0 Å². The molecule has 2 N–H and O–H groups in total. The minimum atomic E-state index is -0.627. The zero-order valence-electron chi connectivity index (χ0n) is 25.5. The second kappa shape index (κ2) is 9.28. The number of nitrogens with zero attached hydrogens (tertiary/aromatic N) is 1. The summed E-state index contributed by atoms with van der Waals surface area (Å²) in [4.78, 5) is 17.6. The Balaban J connectivity index is 1.36. The number of aromatic nitrogens is 1. The number of aliphatic hydroxyl groups excluding tert-OH is 1. The van der Waals surface area contributed by atoms with Crippen molar-refractivity contribution in [2.24, 2.45) is 56.7 Å². The van der Waals surface area contributed by atoms with Crippen LogP contribution in [-0.2, 0) is 4.79 Å². The third kappa shape index (κ3) is 3.66. The first kappa shape index (κ1) is 28.2. The summed E-state index contributed by atoms with van der Waals surface area (Å²) in [7, 11) is 0. The van der Waals surface area contributed by atoms with E-state index in [4.69, 9.17) is 0 Å². The van der Waals surface area contributed by atoms with Crippen LogP contribution in [0.1, 0.15) is 105 Å². The van der Waals surface area contributed by atoms with E-state index in [1.165, 1.54) is 19.3 Å². The van der Waals surface area contributed by atoms with Crippen LogP contribution < -0.4 is 0 Å². The molecule has 1 aromatic heterocycles. The summed E-state index contributed by atoms with van der Waals surface area (Å²) >= 11 is 0. The zero-order chi connectivity index (χ0) is 28.7. The van der Waals surface area contributed by atoms with Gasteiger partial charge in [0.1, 0.15) is 0 Å². The number of carboxylic acids is 1. The van der Waals surface area contributed by atoms with Gasteiger partial charge in [-0.05, 0) is 134 Å². The third-order valence-electron chi connectivity index (χ3n) is 14.5. The molecule has 4 heteroatoms. The van der Waals surface area contributed by atoms with Crippen LogP contribution in [0.2, 0.25) is 0 Å². The number of allylic oxidation sites excluding steroid dienone is 2. The molecule has 5 saturated carbocycles. The zero-order valence-corrected chi connectivity index (χ0v) is 25.5. The Hall–Kier alpha value is -1.94. The first-order valence-corrected chi connectivity index (χ1v) is 16.0. The average Bonchev–Trinajstić information content (AvgIpc) is 3.32. The lowest BCUT2D eigenvalue weighted by Gasteiger charge is -2.72. The first-order chi connectivity index (χ1) is 18.8. The number of rotatable bonds is 4. The van der Waals surface area contributed by atoms with Crippen molar-refractivity contribution in [3.05, 3.63) is 48.3 Å². The van der Waals surface area contributed by atoms with Crippen molar-refractivity contribution in [3.63, 3.8) is 0 Å². The highest BCUT2D eigenvalue weighted by atomic mass is 16.4. The van der Waals surface area contributed by atoms with E-state index < -0.39 is 11.4 Å². The Morgan fingerprint density at radius 2 is 1.70 bits per heavy atom. The maximum absolute atomic E-state index is 13.1. The monoisotopic (exact) mass is 545 g/mol. The summed E-state index contributed by atoms with van der Waals surface area (Å²) in [6.07, 6.45) is 16.0. The molecule has 218 valence electrons. The fourth-order valence-electron chi connectivity index (χ4n) is 12.2. The molecule has 5 aliphatic carbocycles. The van der Waals surface area contributed by atoms with E-state index in [-0.39, 0.29) is 39.6 Å². The van der Waals surface area contributed by atoms with Crippen LogP contribution in [0, 0.1) is 56.7 Å². The Labute approximate surface area is 241 Å². The highest BCUT2D eigenvalue weighted by Crippen LogP contribution is 2.77. The molecular formula is C36H51NO3. The first-order valence-electron chi connectivity index (χ1n) is 16.0. The van der Waals surface area contributed by atoms with Crippen molar-refractivity contribution in [3.8, 4) is 0 Å². The predicted octanol–water partition coefficient (Wildman–Crippen LogP) is 8.18. The van der Waals surface area contributed by atoms with E-state index in [1.54, 1.807) is 0 Å². The molecule has 0 aliphatic heterocycles. The maximum Gasteiger partial charge on any atom is 0.309 e. The van der Waals surface area contributed by atoms with Crippen LogP contribution in [0.3, 0.4) is 0 Å². The lowest BCUT2D eigenvalue weighted by atomic mass is 9.32. The van der Waals surface area contributed by atoms with E-state index >= 15 is 0 Å². The lowest BCUT2D eigenvalue weighted by Crippen LogP contribution is -2.67. The number of aliphatic hydroxyl groups is 1. The number of hydrogen-bond acceptors (Lipinski definition) is 3. The number of fused-ring (bicyclic) bond motifs is 7. The fourth-order valence-corrected chi connectivity index (χ4v) is 12.2. The molecule has 5 fully saturated rings. The van der Waals surface area contributed by atoms with Crippen molar-refractivity contribution < 1.29 is 15.0 Å². The highest BCUT2D eigenvalue weighted by molar-refractivity contribution is 5.76. The smallest absolute Gasteiger partial charge is 0.309 e. The SMILES string of the molecule is C=C(/C=C/c1ccccn1)[C@@H]1CC[C@]2(C(=O)O)CC[C@]3(C)[C@H](CC[C@@H]4[C@@]5(C)CC[C@H](O)C(C)(C)[C@@H]5CC[C@]43C)[C@@H]12. The van der Waals surface area contributed by atoms with E-state index in [9.17, 15) is 15.0 Å². The number of hydrogen-bond donors (Lipinski definition) is 2. The molecule has 0 bridgehead atoms. The highest BCUT2D eigenvalue weighted by Gasteiger charge is 2.72. The third-order valence-corrected chi connectivity index (χ3v) is 14.5. The quantitative estimate of drug-likeness (QED) is 0.374. The topological polar surface area (TPSA) is 70.4 Å². The van der Waals surface area contributed by atoms with E-state index in [1.807, 2.05) is 30.5 Å². The molecule has 0 radical (unpaired) electrons. The van der Waals surface area contributed by atoms with Gasteiger partial charge < -0.3 is 10.2 Å². The largest absolute Gasteiger partial charge is 0.481 e. The summed E-state index contributed by atoms with van der Waals surface area (Å²) in [6.45, 7) is 16.9. The Morgan fingerprint density at radius 1 is 0.925 bits per heavy atom. The second-order valence-electron chi connectivity index (χ2n) is 15.8. The molecular weight excluding hydrogens is 494 g/mol. The van der Waals surface area contributed by atoms with Crippen molar-refractivity contribution in [2.45, 2.75) is 105 Å². The van der Waals surface area contributed by atoms with Crippen molar-refractivity contribution in [1.29, 1.82) is 0 Å². The number of carboxylic acid groups (broad SMARTS) is 1. The second-order valence-corrected chi connectivity index (χ2v) is 15.8. The molecule has 4 nitrogen and oxygen atoms in total. The van der Waals surface area contributed by atoms with Crippen LogP contribution in [-0.4, -0.2) is 27.3 Å². The van der Waals surface area contributed by atoms with Gasteiger partial charge in [0.25, 0.3) is 0 Å². The minimum absolute atomic E-state index is 0.0503. The molecule has 10 atom stereocenters. The van der Waals surface area contributed by atoms with Gasteiger partial charge in [-0.15, -0.1) is 0 Å². The van der Waals surface area contributed by atoms with Crippen molar-refractivity contribution in [2.75, 3.05) is 0 Å². The van der Waals surface area contributed by atoms with Crippen LogP contribution >= 0.6 is 0 Å². The van der Waals surface area contributed by atoms with Gasteiger partial charge >= 0.3 is 5.97 Å². The van der Waals surface area contributed by atoms with Gasteiger partial charge in [0.2, 0.25) is 0 Å². The van der Waals surface area contributed by atoms with Crippen molar-refractivity contribution >= 4 is 12.0 Å². The number of carbonyl (C=O) groups is 1. The molecule has 0 unspecified atom stereocenters. The van der Waals surface area contributed by atoms with Crippen molar-refractivity contribution in [1.82, 2.24) is 4.98 Å². The van der Waals surface area contributed by atoms with Gasteiger partial charge in [0.05, 0.1) is 17.2 Å². The molecule has 0 spiro atoms. The fraction of sp³-hybridized carbons (Fsp3) is 0.722. The average molecular weight is 546 g/mol. The van der Waals surface area contributed by atoms with E-state index in [0.29, 0.717) is 17.8 Å². The van der Waals surface area contributed by atoms with Crippen LogP contribution in [0.25, 0.3) is 6.08 Å². The van der Waals surface area contributed by atoms with Gasteiger partial charge in [-0.25, -0.2) is 0 Å². The Kier molecular flexibility index (Phi) is 6.54. The maximum atomic E-state index is 13.1. The number of pyridine rings is 1. The van der Waals surface area contributed by atoms with Crippen LogP contribution in [0.15, 0.2) is 42.6 Å². The molecule has 6 rings (SSSR count). The van der Waals surface area contributed by atoms with E-state index in [2.05, 4.69) is 52.3 Å². The van der Waals surface area contributed by atoms with Gasteiger partial charge in [-0.3, -0.25) is 9.78 Å². The van der Waals surface area contributed by atoms with Gasteiger partial charge in [-0.2, -0.15) is 0 Å². The summed E-state index contributed by atoms with van der Waals surface area (Å²) in [5, 5.41) is 21.8. The molecule has 1 heterocycles. The molecule has 1 aromatic rings. The summed E-state index contributed by atoms with van der Waals surface area (Å²) < 4.78 is 0. The van der Waals surface area contributed by atoms with E-state index in [0.717, 1.165) is 56.2 Å². The van der Waals surface area contributed by atoms with Gasteiger partial charge in [-0.1, -0.05) is 58.9 Å². The predicted molar refractivity (Wildman–Crippen MR) is 160 cm³/mol. The molecule has 5 aliphatic rings.